The molecule has 0 spiro atoms. The molecule has 0 fully saturated rings. The average Bonchev–Trinajstić information content (AvgIpc) is 2.87. The number of carbonyl (C=O) groups is 1. The second kappa shape index (κ2) is 7.06. The van der Waals surface area contributed by atoms with Crippen LogP contribution >= 0.6 is 0 Å². The number of rotatable bonds is 7. The predicted molar refractivity (Wildman–Crippen MR) is 88.7 cm³/mol. The van der Waals surface area contributed by atoms with Crippen LogP contribution in [-0.4, -0.2) is 35.5 Å². The van der Waals surface area contributed by atoms with Crippen molar-refractivity contribution in [1.29, 1.82) is 0 Å². The number of carboxylic acid groups (broad SMARTS) is 1. The zero-order chi connectivity index (χ0) is 17.0. The second-order valence-electron chi connectivity index (χ2n) is 6.55. The molecule has 124 valence electrons. The minimum Gasteiger partial charge on any atom is -0.476 e. The summed E-state index contributed by atoms with van der Waals surface area (Å²) in [6.45, 7) is 7.42. The average molecular weight is 336 g/mol. The Morgan fingerprint density at radius 2 is 2.04 bits per heavy atom. The van der Waals surface area contributed by atoms with Gasteiger partial charge in [-0.1, -0.05) is 31.8 Å². The first-order chi connectivity index (χ1) is 10.8. The standard InChI is InChI=1S/C16H21FN2O3Si/c1-23(2,3)9-8-22-11-19-15(10-14(18-19)16(20)21)12-6-4-5-7-13(12)17/h4-7,10H,8-9,11H2,1-3H3,(H,20,21). The molecular formula is C16H21FN2O3Si. The Labute approximate surface area is 135 Å². The number of halogens is 1. The van der Waals surface area contributed by atoms with E-state index in [9.17, 15) is 9.18 Å². The predicted octanol–water partition coefficient (Wildman–Crippen LogP) is 3.70. The van der Waals surface area contributed by atoms with E-state index in [0.29, 0.717) is 17.9 Å². The minimum absolute atomic E-state index is 0.0986. The molecular weight excluding hydrogens is 315 g/mol. The maximum absolute atomic E-state index is 14.0. The van der Waals surface area contributed by atoms with Crippen molar-refractivity contribution in [2.45, 2.75) is 32.4 Å². The van der Waals surface area contributed by atoms with E-state index in [2.05, 4.69) is 24.7 Å². The highest BCUT2D eigenvalue weighted by molar-refractivity contribution is 6.76. The van der Waals surface area contributed by atoms with Gasteiger partial charge in [-0.05, 0) is 24.2 Å². The van der Waals surface area contributed by atoms with E-state index in [0.717, 1.165) is 6.04 Å². The Morgan fingerprint density at radius 1 is 1.35 bits per heavy atom. The van der Waals surface area contributed by atoms with Crippen LogP contribution in [0.2, 0.25) is 25.7 Å². The number of aromatic nitrogens is 2. The summed E-state index contributed by atoms with van der Waals surface area (Å²) < 4.78 is 21.0. The lowest BCUT2D eigenvalue weighted by atomic mass is 10.1. The fourth-order valence-corrected chi connectivity index (χ4v) is 2.79. The van der Waals surface area contributed by atoms with Crippen LogP contribution in [0.3, 0.4) is 0 Å². The van der Waals surface area contributed by atoms with Gasteiger partial charge < -0.3 is 9.84 Å². The molecule has 1 N–H and O–H groups in total. The van der Waals surface area contributed by atoms with E-state index in [1.165, 1.54) is 16.8 Å². The molecule has 0 unspecified atom stereocenters. The van der Waals surface area contributed by atoms with Crippen molar-refractivity contribution in [2.24, 2.45) is 0 Å². The first-order valence-electron chi connectivity index (χ1n) is 7.42. The van der Waals surface area contributed by atoms with Gasteiger partial charge in [0.05, 0.1) is 5.69 Å². The molecule has 0 bridgehead atoms. The largest absolute Gasteiger partial charge is 0.476 e. The van der Waals surface area contributed by atoms with Crippen molar-refractivity contribution in [3.63, 3.8) is 0 Å². The Morgan fingerprint density at radius 3 is 2.65 bits per heavy atom. The van der Waals surface area contributed by atoms with Gasteiger partial charge in [0.15, 0.2) is 5.69 Å². The number of nitrogens with zero attached hydrogens (tertiary/aromatic N) is 2. The molecule has 0 saturated carbocycles. The molecule has 1 aromatic heterocycles. The minimum atomic E-state index is -1.20. The highest BCUT2D eigenvalue weighted by atomic mass is 28.3. The third-order valence-electron chi connectivity index (χ3n) is 3.36. The number of benzene rings is 1. The third kappa shape index (κ3) is 4.74. The van der Waals surface area contributed by atoms with Gasteiger partial charge in [0.1, 0.15) is 12.5 Å². The molecule has 2 aromatic rings. The Bertz CT molecular complexity index is 695. The van der Waals surface area contributed by atoms with Crippen molar-refractivity contribution in [3.05, 3.63) is 41.8 Å². The Hall–Kier alpha value is -1.99. The lowest BCUT2D eigenvalue weighted by molar-refractivity contribution is 0.0673. The SMILES string of the molecule is C[Si](C)(C)CCOCn1nc(C(=O)O)cc1-c1ccccc1F. The van der Waals surface area contributed by atoms with Gasteiger partial charge in [-0.25, -0.2) is 13.9 Å². The van der Waals surface area contributed by atoms with E-state index < -0.39 is 19.9 Å². The van der Waals surface area contributed by atoms with Crippen LogP contribution in [0.4, 0.5) is 4.39 Å². The molecule has 0 radical (unpaired) electrons. The van der Waals surface area contributed by atoms with Crippen LogP contribution in [0.25, 0.3) is 11.3 Å². The van der Waals surface area contributed by atoms with Crippen LogP contribution < -0.4 is 0 Å². The topological polar surface area (TPSA) is 64.4 Å². The van der Waals surface area contributed by atoms with Crippen LogP contribution in [0.15, 0.2) is 30.3 Å². The zero-order valence-corrected chi connectivity index (χ0v) is 14.5. The van der Waals surface area contributed by atoms with Gasteiger partial charge in [-0.15, -0.1) is 0 Å². The number of aromatic carboxylic acids is 1. The van der Waals surface area contributed by atoms with Crippen LogP contribution in [0.1, 0.15) is 10.5 Å². The Balaban J connectivity index is 2.21. The van der Waals surface area contributed by atoms with Crippen LogP contribution in [0, 0.1) is 5.82 Å². The summed E-state index contributed by atoms with van der Waals surface area (Å²) in [6, 6.07) is 8.57. The lowest BCUT2D eigenvalue weighted by Gasteiger charge is -2.16. The molecule has 23 heavy (non-hydrogen) atoms. The van der Waals surface area contributed by atoms with Crippen molar-refractivity contribution >= 4 is 14.0 Å². The van der Waals surface area contributed by atoms with Crippen LogP contribution in [0.5, 0.6) is 0 Å². The molecule has 0 amide bonds. The molecule has 0 aliphatic rings. The van der Waals surface area contributed by atoms with Crippen molar-refractivity contribution in [2.75, 3.05) is 6.61 Å². The quantitative estimate of drug-likeness (QED) is 0.618. The first-order valence-corrected chi connectivity index (χ1v) is 11.1. The van der Waals surface area contributed by atoms with Gasteiger partial charge in [0, 0.05) is 20.2 Å². The van der Waals surface area contributed by atoms with E-state index >= 15 is 0 Å². The maximum atomic E-state index is 14.0. The normalized spacial score (nSPS) is 11.7. The van der Waals surface area contributed by atoms with E-state index in [-0.39, 0.29) is 12.4 Å². The fourth-order valence-electron chi connectivity index (χ4n) is 2.03. The maximum Gasteiger partial charge on any atom is 0.356 e. The molecule has 2 rings (SSSR count). The number of carboxylic acids is 1. The van der Waals surface area contributed by atoms with Gasteiger partial charge in [0.25, 0.3) is 0 Å². The molecule has 0 aliphatic heterocycles. The van der Waals surface area contributed by atoms with E-state index in [4.69, 9.17) is 9.84 Å². The van der Waals surface area contributed by atoms with Gasteiger partial charge >= 0.3 is 5.97 Å². The van der Waals surface area contributed by atoms with E-state index in [1.807, 2.05) is 0 Å². The molecule has 1 heterocycles. The fraction of sp³-hybridized carbons (Fsp3) is 0.375. The molecule has 5 nitrogen and oxygen atoms in total. The molecule has 0 saturated heterocycles. The second-order valence-corrected chi connectivity index (χ2v) is 12.2. The number of ether oxygens (including phenoxy) is 1. The highest BCUT2D eigenvalue weighted by Gasteiger charge is 2.17. The summed E-state index contributed by atoms with van der Waals surface area (Å²) in [5.41, 5.74) is 0.576. The first kappa shape index (κ1) is 17.4. The smallest absolute Gasteiger partial charge is 0.356 e. The monoisotopic (exact) mass is 336 g/mol. The van der Waals surface area contributed by atoms with Crippen molar-refractivity contribution < 1.29 is 19.0 Å². The van der Waals surface area contributed by atoms with Crippen molar-refractivity contribution in [3.8, 4) is 11.3 Å². The van der Waals surface area contributed by atoms with Crippen molar-refractivity contribution in [1.82, 2.24) is 9.78 Å². The summed E-state index contributed by atoms with van der Waals surface area (Å²) in [6.07, 6.45) is 0. The highest BCUT2D eigenvalue weighted by Crippen LogP contribution is 2.24. The summed E-state index contributed by atoms with van der Waals surface area (Å²) in [5, 5.41) is 13.1. The third-order valence-corrected chi connectivity index (χ3v) is 5.06. The summed E-state index contributed by atoms with van der Waals surface area (Å²) >= 11 is 0. The number of hydrogen-bond donors (Lipinski definition) is 1. The summed E-state index contributed by atoms with van der Waals surface area (Å²) in [5.74, 6) is -1.57. The Kier molecular flexibility index (Phi) is 5.33. The molecule has 1 aromatic carbocycles. The van der Waals surface area contributed by atoms with Gasteiger partial charge in [-0.2, -0.15) is 5.10 Å². The molecule has 0 atom stereocenters. The van der Waals surface area contributed by atoms with Crippen LogP contribution in [-0.2, 0) is 11.5 Å². The zero-order valence-electron chi connectivity index (χ0n) is 13.5. The molecule has 7 heteroatoms. The summed E-state index contributed by atoms with van der Waals surface area (Å²) in [4.78, 5) is 11.1. The number of hydrogen-bond acceptors (Lipinski definition) is 3. The van der Waals surface area contributed by atoms with E-state index in [1.54, 1.807) is 18.2 Å². The van der Waals surface area contributed by atoms with Gasteiger partial charge in [-0.3, -0.25) is 0 Å². The summed E-state index contributed by atoms with van der Waals surface area (Å²) in [7, 11) is -1.20. The van der Waals surface area contributed by atoms with Gasteiger partial charge in [0.2, 0.25) is 0 Å². The molecule has 0 aliphatic carbocycles. The lowest BCUT2D eigenvalue weighted by Crippen LogP contribution is -2.22.